The maximum absolute atomic E-state index is 12.9. The number of carbonyl (C=O) groups is 3. The maximum Gasteiger partial charge on any atom is 0.325 e. The molecule has 1 heterocycles. The Hall–Kier alpha value is -2.41. The van der Waals surface area contributed by atoms with E-state index < -0.39 is 17.7 Å². The second-order valence-electron chi connectivity index (χ2n) is 7.93. The minimum atomic E-state index is -1.00. The first-order chi connectivity index (χ1) is 13.3. The molecule has 1 saturated heterocycles. The Morgan fingerprint density at radius 3 is 2.50 bits per heavy atom. The number of ketones is 1. The molecule has 2 fully saturated rings. The van der Waals surface area contributed by atoms with Gasteiger partial charge in [-0.15, -0.1) is 0 Å². The van der Waals surface area contributed by atoms with Crippen LogP contribution >= 0.6 is 0 Å². The van der Waals surface area contributed by atoms with Crippen LogP contribution < -0.4 is 10.1 Å². The second kappa shape index (κ2) is 8.31. The van der Waals surface area contributed by atoms with Gasteiger partial charge in [0, 0.05) is 5.56 Å². The zero-order valence-corrected chi connectivity index (χ0v) is 16.4. The average Bonchev–Trinajstić information content (AvgIpc) is 2.91. The summed E-state index contributed by atoms with van der Waals surface area (Å²) in [7, 11) is 0. The number of urea groups is 1. The number of rotatable bonds is 7. The number of ether oxygens (including phenoxy) is 1. The minimum Gasteiger partial charge on any atom is -0.491 e. The van der Waals surface area contributed by atoms with Crippen LogP contribution in [0.2, 0.25) is 0 Å². The molecular formula is C21H28N2O5. The van der Waals surface area contributed by atoms with Crippen LogP contribution in [-0.2, 0) is 4.79 Å². The number of nitrogens with zero attached hydrogens (tertiary/aromatic N) is 1. The zero-order chi connectivity index (χ0) is 20.3. The summed E-state index contributed by atoms with van der Waals surface area (Å²) >= 11 is 0. The van der Waals surface area contributed by atoms with Crippen LogP contribution in [0.1, 0.15) is 56.3 Å². The molecule has 28 heavy (non-hydrogen) atoms. The summed E-state index contributed by atoms with van der Waals surface area (Å²) in [5, 5.41) is 13.1. The van der Waals surface area contributed by atoms with Crippen molar-refractivity contribution in [3.05, 3.63) is 29.8 Å². The summed E-state index contributed by atoms with van der Waals surface area (Å²) in [6.45, 7) is 3.11. The number of amides is 3. The van der Waals surface area contributed by atoms with E-state index in [1.54, 1.807) is 31.2 Å². The predicted octanol–water partition coefficient (Wildman–Crippen LogP) is 2.52. The number of Topliss-reactive ketones (excluding diaryl/α,β-unsaturated/α-hetero) is 1. The van der Waals surface area contributed by atoms with Crippen molar-refractivity contribution in [1.82, 2.24) is 10.2 Å². The fraction of sp³-hybridized carbons (Fsp3) is 0.571. The summed E-state index contributed by atoms with van der Waals surface area (Å²) in [5.74, 6) is 0.338. The van der Waals surface area contributed by atoms with Crippen molar-refractivity contribution in [3.8, 4) is 5.75 Å². The standard InChI is InChI=1S/C21H28N2O5/c1-14(24)15-8-10-18(11-9-15)28-13-17(25)12-23-19(26)21(2,22-20(23)27)16-6-4-3-5-7-16/h8-11,16-17,25H,3-7,12-13H2,1-2H3,(H,22,27)/t17-,21+/m1/s1. The van der Waals surface area contributed by atoms with Crippen LogP contribution in [0.25, 0.3) is 0 Å². The molecule has 0 aromatic heterocycles. The van der Waals surface area contributed by atoms with Crippen molar-refractivity contribution in [2.75, 3.05) is 13.2 Å². The lowest BCUT2D eigenvalue weighted by atomic mass is 9.75. The zero-order valence-electron chi connectivity index (χ0n) is 16.4. The van der Waals surface area contributed by atoms with Crippen LogP contribution in [0.3, 0.4) is 0 Å². The van der Waals surface area contributed by atoms with Gasteiger partial charge >= 0.3 is 6.03 Å². The van der Waals surface area contributed by atoms with Crippen LogP contribution in [0, 0.1) is 5.92 Å². The number of aliphatic hydroxyl groups is 1. The molecular weight excluding hydrogens is 360 g/mol. The first kappa shape index (κ1) is 20.3. The van der Waals surface area contributed by atoms with Gasteiger partial charge in [0.2, 0.25) is 0 Å². The van der Waals surface area contributed by atoms with Gasteiger partial charge in [-0.05, 0) is 56.9 Å². The molecule has 2 N–H and O–H groups in total. The molecule has 1 aliphatic carbocycles. The van der Waals surface area contributed by atoms with Gasteiger partial charge in [0.25, 0.3) is 5.91 Å². The highest BCUT2D eigenvalue weighted by Crippen LogP contribution is 2.36. The van der Waals surface area contributed by atoms with Crippen LogP contribution in [0.5, 0.6) is 5.75 Å². The van der Waals surface area contributed by atoms with Gasteiger partial charge in [-0.1, -0.05) is 19.3 Å². The third-order valence-electron chi connectivity index (χ3n) is 5.82. The highest BCUT2D eigenvalue weighted by molar-refractivity contribution is 6.07. The van der Waals surface area contributed by atoms with Gasteiger partial charge in [0.05, 0.1) is 6.54 Å². The summed E-state index contributed by atoms with van der Waals surface area (Å²) in [5.41, 5.74) is -0.310. The lowest BCUT2D eigenvalue weighted by molar-refractivity contribution is -0.134. The van der Waals surface area contributed by atoms with Crippen molar-refractivity contribution in [3.63, 3.8) is 0 Å². The van der Waals surface area contributed by atoms with Crippen molar-refractivity contribution in [2.45, 2.75) is 57.6 Å². The van der Waals surface area contributed by atoms with E-state index in [-0.39, 0.29) is 30.8 Å². The quantitative estimate of drug-likeness (QED) is 0.553. The average molecular weight is 388 g/mol. The van der Waals surface area contributed by atoms with E-state index in [1.807, 2.05) is 0 Å². The SMILES string of the molecule is CC(=O)c1ccc(OC[C@H](O)CN2C(=O)N[C@@](C)(C3CCCCC3)C2=O)cc1. The molecule has 0 radical (unpaired) electrons. The summed E-state index contributed by atoms with van der Waals surface area (Å²) in [6, 6.07) is 6.14. The molecule has 1 aromatic carbocycles. The minimum absolute atomic E-state index is 0.0360. The topological polar surface area (TPSA) is 95.9 Å². The molecule has 3 rings (SSSR count). The van der Waals surface area contributed by atoms with E-state index in [2.05, 4.69) is 5.32 Å². The first-order valence-electron chi connectivity index (χ1n) is 9.87. The van der Waals surface area contributed by atoms with E-state index in [0.717, 1.165) is 30.6 Å². The van der Waals surface area contributed by atoms with E-state index in [4.69, 9.17) is 4.74 Å². The van der Waals surface area contributed by atoms with Crippen LogP contribution in [0.4, 0.5) is 4.79 Å². The van der Waals surface area contributed by atoms with Gasteiger partial charge < -0.3 is 15.2 Å². The molecule has 1 saturated carbocycles. The van der Waals surface area contributed by atoms with E-state index >= 15 is 0 Å². The highest BCUT2D eigenvalue weighted by Gasteiger charge is 2.52. The monoisotopic (exact) mass is 388 g/mol. The van der Waals surface area contributed by atoms with Crippen LogP contribution in [0.15, 0.2) is 24.3 Å². The molecule has 1 aromatic rings. The number of aliphatic hydroxyl groups excluding tert-OH is 1. The summed E-state index contributed by atoms with van der Waals surface area (Å²) < 4.78 is 5.52. The number of β-amino-alcohol motifs (C(OH)–C–C–N with tert-alkyl or cyclic N) is 1. The molecule has 7 heteroatoms. The van der Waals surface area contributed by atoms with Gasteiger partial charge in [-0.2, -0.15) is 0 Å². The molecule has 2 aliphatic rings. The van der Waals surface area contributed by atoms with Crippen molar-refractivity contribution in [1.29, 1.82) is 0 Å². The number of carbonyl (C=O) groups excluding carboxylic acids is 3. The Labute approximate surface area is 165 Å². The van der Waals surface area contributed by atoms with Crippen molar-refractivity contribution in [2.24, 2.45) is 5.92 Å². The Morgan fingerprint density at radius 2 is 1.89 bits per heavy atom. The molecule has 0 unspecified atom stereocenters. The largest absolute Gasteiger partial charge is 0.491 e. The molecule has 152 valence electrons. The lowest BCUT2D eigenvalue weighted by Crippen LogP contribution is -2.51. The third-order valence-corrected chi connectivity index (χ3v) is 5.82. The second-order valence-corrected chi connectivity index (χ2v) is 7.93. The molecule has 2 atom stereocenters. The fourth-order valence-electron chi connectivity index (χ4n) is 4.08. The molecule has 0 bridgehead atoms. The fourth-order valence-corrected chi connectivity index (χ4v) is 4.08. The van der Waals surface area contributed by atoms with E-state index in [1.165, 1.54) is 13.3 Å². The normalized spacial score (nSPS) is 24.2. The Balaban J connectivity index is 1.56. The summed E-state index contributed by atoms with van der Waals surface area (Å²) in [4.78, 5) is 37.7. The Morgan fingerprint density at radius 1 is 1.25 bits per heavy atom. The van der Waals surface area contributed by atoms with Crippen molar-refractivity contribution >= 4 is 17.7 Å². The number of hydrogen-bond donors (Lipinski definition) is 2. The Kier molecular flexibility index (Phi) is 6.03. The lowest BCUT2D eigenvalue weighted by Gasteiger charge is -2.34. The first-order valence-corrected chi connectivity index (χ1v) is 9.87. The number of nitrogens with one attached hydrogen (secondary N) is 1. The third kappa shape index (κ3) is 4.19. The van der Waals surface area contributed by atoms with Gasteiger partial charge in [0.15, 0.2) is 5.78 Å². The van der Waals surface area contributed by atoms with Crippen LogP contribution in [-0.4, -0.2) is 52.5 Å². The van der Waals surface area contributed by atoms with Gasteiger partial charge in [0.1, 0.15) is 24.0 Å². The van der Waals surface area contributed by atoms with Gasteiger partial charge in [-0.3, -0.25) is 14.5 Å². The molecule has 1 aliphatic heterocycles. The summed E-state index contributed by atoms with van der Waals surface area (Å²) in [6.07, 6.45) is 4.17. The number of imide groups is 1. The van der Waals surface area contributed by atoms with E-state index in [9.17, 15) is 19.5 Å². The predicted molar refractivity (Wildman–Crippen MR) is 103 cm³/mol. The van der Waals surface area contributed by atoms with Crippen molar-refractivity contribution < 1.29 is 24.2 Å². The maximum atomic E-state index is 12.9. The number of hydrogen-bond acceptors (Lipinski definition) is 5. The highest BCUT2D eigenvalue weighted by atomic mass is 16.5. The van der Waals surface area contributed by atoms with E-state index in [0.29, 0.717) is 11.3 Å². The van der Waals surface area contributed by atoms with Gasteiger partial charge in [-0.25, -0.2) is 4.79 Å². The molecule has 7 nitrogen and oxygen atoms in total. The smallest absolute Gasteiger partial charge is 0.325 e. The Bertz CT molecular complexity index is 742. The molecule has 3 amide bonds. The molecule has 0 spiro atoms. The number of benzene rings is 1.